The lowest BCUT2D eigenvalue weighted by atomic mass is 9.92. The Morgan fingerprint density at radius 1 is 1.00 bits per heavy atom. The monoisotopic (exact) mass is 291 g/mol. The lowest BCUT2D eigenvalue weighted by Gasteiger charge is -2.25. The lowest BCUT2D eigenvalue weighted by molar-refractivity contribution is 0.380. The summed E-state index contributed by atoms with van der Waals surface area (Å²) in [7, 11) is 0. The second-order valence-electron chi connectivity index (χ2n) is 6.03. The van der Waals surface area contributed by atoms with Crippen LogP contribution < -0.4 is 0 Å². The number of aromatic nitrogens is 3. The molecule has 0 aliphatic carbocycles. The number of aryl methyl sites for hydroxylation is 1. The molecule has 0 aliphatic heterocycles. The normalized spacial score (nSPS) is 11.6. The fourth-order valence-electron chi connectivity index (χ4n) is 2.58. The molecule has 0 unspecified atom stereocenters. The van der Waals surface area contributed by atoms with Crippen molar-refractivity contribution < 1.29 is 0 Å². The van der Waals surface area contributed by atoms with E-state index in [1.165, 1.54) is 11.1 Å². The van der Waals surface area contributed by atoms with E-state index in [9.17, 15) is 0 Å². The first-order valence-electron chi connectivity index (χ1n) is 7.69. The van der Waals surface area contributed by atoms with Gasteiger partial charge in [0.25, 0.3) is 0 Å². The van der Waals surface area contributed by atoms with Crippen LogP contribution in [0.3, 0.4) is 0 Å². The number of hydrogen-bond donors (Lipinski definition) is 0. The van der Waals surface area contributed by atoms with E-state index >= 15 is 0 Å². The summed E-state index contributed by atoms with van der Waals surface area (Å²) in [4.78, 5) is 0. The van der Waals surface area contributed by atoms with Crippen molar-refractivity contribution >= 4 is 0 Å². The minimum atomic E-state index is -0.231. The van der Waals surface area contributed by atoms with Gasteiger partial charge >= 0.3 is 0 Å². The number of rotatable bonds is 4. The Kier molecular flexibility index (Phi) is 3.80. The van der Waals surface area contributed by atoms with Gasteiger partial charge in [-0.2, -0.15) is 0 Å². The highest BCUT2D eigenvalue weighted by atomic mass is 15.4. The largest absolute Gasteiger partial charge is 0.242 e. The Morgan fingerprint density at radius 2 is 1.77 bits per heavy atom. The molecule has 1 heterocycles. The van der Waals surface area contributed by atoms with Crippen LogP contribution in [0.15, 0.2) is 60.8 Å². The molecule has 22 heavy (non-hydrogen) atoms. The number of nitrogens with zero attached hydrogens (tertiary/aromatic N) is 3. The second-order valence-corrected chi connectivity index (χ2v) is 6.03. The molecule has 112 valence electrons. The summed E-state index contributed by atoms with van der Waals surface area (Å²) >= 11 is 0. The minimum absolute atomic E-state index is 0.231. The van der Waals surface area contributed by atoms with Crippen LogP contribution in [-0.2, 0) is 12.0 Å². The molecule has 0 saturated heterocycles. The summed E-state index contributed by atoms with van der Waals surface area (Å²) in [6.07, 6.45) is 3.06. The van der Waals surface area contributed by atoms with Crippen LogP contribution >= 0.6 is 0 Å². The molecule has 2 aromatic carbocycles. The molecular weight excluding hydrogens is 270 g/mol. The molecule has 1 aromatic heterocycles. The zero-order valence-electron chi connectivity index (χ0n) is 13.3. The van der Waals surface area contributed by atoms with Crippen molar-refractivity contribution in [2.45, 2.75) is 32.7 Å². The van der Waals surface area contributed by atoms with Gasteiger partial charge in [-0.1, -0.05) is 66.7 Å². The Morgan fingerprint density at radius 3 is 2.50 bits per heavy atom. The molecule has 0 radical (unpaired) electrons. The zero-order chi connectivity index (χ0) is 15.6. The quantitative estimate of drug-likeness (QED) is 0.718. The third-order valence-corrected chi connectivity index (χ3v) is 4.18. The van der Waals surface area contributed by atoms with E-state index in [-0.39, 0.29) is 5.54 Å². The van der Waals surface area contributed by atoms with Crippen LogP contribution in [0, 0.1) is 0 Å². The fraction of sp³-hybridized carbons (Fsp3) is 0.263. The van der Waals surface area contributed by atoms with Crippen LogP contribution in [-0.4, -0.2) is 15.0 Å². The first-order chi connectivity index (χ1) is 10.6. The molecule has 3 rings (SSSR count). The van der Waals surface area contributed by atoms with E-state index in [0.29, 0.717) is 0 Å². The molecule has 3 heteroatoms. The van der Waals surface area contributed by atoms with Gasteiger partial charge in [0.2, 0.25) is 0 Å². The molecule has 3 aromatic rings. The molecule has 0 spiro atoms. The van der Waals surface area contributed by atoms with E-state index in [0.717, 1.165) is 17.7 Å². The van der Waals surface area contributed by atoms with Gasteiger partial charge < -0.3 is 0 Å². The van der Waals surface area contributed by atoms with Crippen molar-refractivity contribution in [1.82, 2.24) is 15.0 Å². The highest BCUT2D eigenvalue weighted by Gasteiger charge is 2.24. The molecule has 0 fully saturated rings. The SMILES string of the molecule is CCc1cccc(C(C)(C)n2cc(-c3ccccc3)nn2)c1. The molecule has 3 nitrogen and oxygen atoms in total. The van der Waals surface area contributed by atoms with Gasteiger partial charge in [-0.3, -0.25) is 0 Å². The fourth-order valence-corrected chi connectivity index (χ4v) is 2.58. The third-order valence-electron chi connectivity index (χ3n) is 4.18. The first-order valence-corrected chi connectivity index (χ1v) is 7.69. The van der Waals surface area contributed by atoms with Crippen LogP contribution in [0.2, 0.25) is 0 Å². The van der Waals surface area contributed by atoms with E-state index < -0.39 is 0 Å². The highest BCUT2D eigenvalue weighted by Crippen LogP contribution is 2.27. The molecule has 0 saturated carbocycles. The Labute approximate surface area is 131 Å². The van der Waals surface area contributed by atoms with Gasteiger partial charge in [0, 0.05) is 5.56 Å². The smallest absolute Gasteiger partial charge is 0.113 e. The van der Waals surface area contributed by atoms with Crippen molar-refractivity contribution in [2.75, 3.05) is 0 Å². The van der Waals surface area contributed by atoms with Crippen LogP contribution in [0.1, 0.15) is 31.9 Å². The Hall–Kier alpha value is -2.42. The van der Waals surface area contributed by atoms with Crippen molar-refractivity contribution in [1.29, 1.82) is 0 Å². The molecule has 0 amide bonds. The van der Waals surface area contributed by atoms with Crippen molar-refractivity contribution in [3.8, 4) is 11.3 Å². The summed E-state index contributed by atoms with van der Waals surface area (Å²) < 4.78 is 1.95. The average molecular weight is 291 g/mol. The van der Waals surface area contributed by atoms with Gasteiger partial charge in [-0.25, -0.2) is 4.68 Å². The minimum Gasteiger partial charge on any atom is -0.242 e. The maximum absolute atomic E-state index is 4.36. The summed E-state index contributed by atoms with van der Waals surface area (Å²) in [5, 5.41) is 8.70. The van der Waals surface area contributed by atoms with Gasteiger partial charge in [0.15, 0.2) is 0 Å². The molecule has 0 bridgehead atoms. The predicted octanol–water partition coefficient (Wildman–Crippen LogP) is 4.29. The summed E-state index contributed by atoms with van der Waals surface area (Å²) in [6, 6.07) is 18.8. The topological polar surface area (TPSA) is 30.7 Å². The van der Waals surface area contributed by atoms with Gasteiger partial charge in [0.1, 0.15) is 5.69 Å². The van der Waals surface area contributed by atoms with Crippen molar-refractivity contribution in [3.63, 3.8) is 0 Å². The van der Waals surface area contributed by atoms with Crippen LogP contribution in [0.25, 0.3) is 11.3 Å². The second kappa shape index (κ2) is 5.76. The van der Waals surface area contributed by atoms with Gasteiger partial charge in [0.05, 0.1) is 11.7 Å². The predicted molar refractivity (Wildman–Crippen MR) is 89.7 cm³/mol. The zero-order valence-corrected chi connectivity index (χ0v) is 13.3. The molecule has 0 atom stereocenters. The van der Waals surface area contributed by atoms with Gasteiger partial charge in [-0.15, -0.1) is 5.10 Å². The number of benzene rings is 2. The molecule has 0 N–H and O–H groups in total. The summed E-state index contributed by atoms with van der Waals surface area (Å²) in [5.41, 5.74) is 4.35. The Bertz CT molecular complexity index is 757. The molecule has 0 aliphatic rings. The number of hydrogen-bond acceptors (Lipinski definition) is 2. The highest BCUT2D eigenvalue weighted by molar-refractivity contribution is 5.57. The summed E-state index contributed by atoms with van der Waals surface area (Å²) in [5.74, 6) is 0. The van der Waals surface area contributed by atoms with Crippen LogP contribution in [0.5, 0.6) is 0 Å². The van der Waals surface area contributed by atoms with Crippen molar-refractivity contribution in [2.24, 2.45) is 0 Å². The maximum atomic E-state index is 4.36. The third kappa shape index (κ3) is 2.67. The van der Waals surface area contributed by atoms with Crippen molar-refractivity contribution in [3.05, 3.63) is 71.9 Å². The van der Waals surface area contributed by atoms with E-state index in [2.05, 4.69) is 67.5 Å². The van der Waals surface area contributed by atoms with Crippen LogP contribution in [0.4, 0.5) is 0 Å². The average Bonchev–Trinajstić information content (AvgIpc) is 3.06. The maximum Gasteiger partial charge on any atom is 0.113 e. The van der Waals surface area contributed by atoms with E-state index in [1.54, 1.807) is 0 Å². The standard InChI is InChI=1S/C19H21N3/c1-4-15-9-8-12-17(13-15)19(2,3)22-14-18(20-21-22)16-10-6-5-7-11-16/h5-14H,4H2,1-3H3. The van der Waals surface area contributed by atoms with E-state index in [4.69, 9.17) is 0 Å². The Balaban J connectivity index is 1.97. The molecular formula is C19H21N3. The summed E-state index contributed by atoms with van der Waals surface area (Å²) in [6.45, 7) is 6.52. The first kappa shape index (κ1) is 14.5. The van der Waals surface area contributed by atoms with E-state index in [1.807, 2.05) is 29.1 Å². The van der Waals surface area contributed by atoms with Gasteiger partial charge in [-0.05, 0) is 31.4 Å². The lowest BCUT2D eigenvalue weighted by Crippen LogP contribution is -2.28.